The Kier molecular flexibility index (Phi) is 9.11. The first-order valence-electron chi connectivity index (χ1n) is 14.5. The van der Waals surface area contributed by atoms with Crippen LogP contribution in [0.5, 0.6) is 11.5 Å². The number of urea groups is 1. The highest BCUT2D eigenvalue weighted by Gasteiger charge is 2.28. The molecule has 9 nitrogen and oxygen atoms in total. The molecule has 0 atom stereocenters. The van der Waals surface area contributed by atoms with Gasteiger partial charge in [0, 0.05) is 42.8 Å². The van der Waals surface area contributed by atoms with Crippen LogP contribution in [0, 0.1) is 0 Å². The molecule has 1 fully saturated rings. The highest BCUT2D eigenvalue weighted by atomic mass is 32.2. The Morgan fingerprint density at radius 2 is 1.42 bits per heavy atom. The monoisotopic (exact) mass is 639 g/mol. The van der Waals surface area contributed by atoms with E-state index < -0.39 is 10.0 Å². The molecule has 0 aliphatic carbocycles. The predicted molar refractivity (Wildman–Crippen MR) is 179 cm³/mol. The number of hydrogen-bond acceptors (Lipinski definition) is 7. The summed E-state index contributed by atoms with van der Waals surface area (Å²) in [5, 5.41) is 5.38. The molecule has 2 amide bonds. The van der Waals surface area contributed by atoms with E-state index in [0.29, 0.717) is 41.1 Å². The molecule has 0 saturated carbocycles. The fourth-order valence-electron chi connectivity index (χ4n) is 5.39. The number of carbonyl (C=O) groups excluding carboxylic acids is 1. The highest BCUT2D eigenvalue weighted by molar-refractivity contribution is 7.92. The maximum Gasteiger partial charge on any atom is 0.323 e. The zero-order chi connectivity index (χ0) is 31.2. The molecule has 5 aromatic rings. The lowest BCUT2D eigenvalue weighted by atomic mass is 9.96. The van der Waals surface area contributed by atoms with Gasteiger partial charge in [-0.2, -0.15) is 0 Å². The summed E-state index contributed by atoms with van der Waals surface area (Å²) in [6, 6.07) is 35.1. The number of ether oxygens (including phenoxy) is 1. The normalized spacial score (nSPS) is 13.9. The first-order valence-corrected chi connectivity index (χ1v) is 17.3. The van der Waals surface area contributed by atoms with Crippen molar-refractivity contribution in [1.29, 1.82) is 0 Å². The number of nitrogens with zero attached hydrogens (tertiary/aromatic N) is 3. The Morgan fingerprint density at radius 3 is 2.04 bits per heavy atom. The number of carbonyl (C=O) groups is 1. The minimum atomic E-state index is -3.37. The van der Waals surface area contributed by atoms with Gasteiger partial charge in [-0.15, -0.1) is 11.3 Å². The molecule has 0 bridgehead atoms. The number of piperazine rings is 1. The van der Waals surface area contributed by atoms with Crippen LogP contribution in [0.4, 0.5) is 15.6 Å². The van der Waals surface area contributed by atoms with Crippen LogP contribution in [-0.4, -0.2) is 61.7 Å². The van der Waals surface area contributed by atoms with Crippen LogP contribution in [0.3, 0.4) is 0 Å². The number of aromatic nitrogens is 1. The number of thiazole rings is 1. The molecule has 0 radical (unpaired) electrons. The van der Waals surface area contributed by atoms with Crippen molar-refractivity contribution in [3.63, 3.8) is 0 Å². The maximum atomic E-state index is 13.2. The van der Waals surface area contributed by atoms with Gasteiger partial charge in [0.15, 0.2) is 5.13 Å². The van der Waals surface area contributed by atoms with Crippen molar-refractivity contribution in [2.24, 2.45) is 0 Å². The summed E-state index contributed by atoms with van der Waals surface area (Å²) in [6.07, 6.45) is 1.10. The van der Waals surface area contributed by atoms with Crippen LogP contribution in [-0.2, 0) is 10.0 Å². The van der Waals surface area contributed by atoms with Crippen molar-refractivity contribution < 1.29 is 17.9 Å². The number of benzene rings is 4. The molecule has 6 rings (SSSR count). The number of anilines is 2. The van der Waals surface area contributed by atoms with E-state index in [1.54, 1.807) is 24.3 Å². The van der Waals surface area contributed by atoms with Gasteiger partial charge in [-0.05, 0) is 47.5 Å². The molecular formula is C34H33N5O4S2. The van der Waals surface area contributed by atoms with Gasteiger partial charge in [-0.1, -0.05) is 72.8 Å². The van der Waals surface area contributed by atoms with Gasteiger partial charge in [-0.3, -0.25) is 14.9 Å². The van der Waals surface area contributed by atoms with Crippen LogP contribution >= 0.6 is 11.3 Å². The first-order chi connectivity index (χ1) is 21.8. The number of hydrogen-bond donors (Lipinski definition) is 2. The molecule has 0 unspecified atom stereocenters. The Morgan fingerprint density at radius 1 is 0.822 bits per heavy atom. The van der Waals surface area contributed by atoms with E-state index in [1.165, 1.54) is 22.5 Å². The van der Waals surface area contributed by atoms with Crippen LogP contribution in [0.1, 0.15) is 17.2 Å². The van der Waals surface area contributed by atoms with Crippen LogP contribution < -0.4 is 14.8 Å². The SMILES string of the molecule is CS(=O)(=O)Nc1ccc(Oc2ccccc2-c2csc(NC(=O)N3CCN(C(c4ccccc4)c4ccccc4)CC3)n2)cc1. The van der Waals surface area contributed by atoms with Gasteiger partial charge >= 0.3 is 6.03 Å². The van der Waals surface area contributed by atoms with E-state index in [0.717, 1.165) is 24.9 Å². The number of para-hydroxylation sites is 1. The van der Waals surface area contributed by atoms with E-state index in [1.807, 2.05) is 46.7 Å². The third-order valence-electron chi connectivity index (χ3n) is 7.46. The van der Waals surface area contributed by atoms with Crippen molar-refractivity contribution in [3.05, 3.63) is 126 Å². The number of rotatable bonds is 9. The first kappa shape index (κ1) is 30.3. The summed E-state index contributed by atoms with van der Waals surface area (Å²) in [5.41, 5.74) is 4.38. The van der Waals surface area contributed by atoms with Crippen molar-refractivity contribution in [2.75, 3.05) is 42.5 Å². The summed E-state index contributed by atoms with van der Waals surface area (Å²) in [6.45, 7) is 2.72. The third kappa shape index (κ3) is 7.69. The number of nitrogens with one attached hydrogen (secondary N) is 2. The average molecular weight is 640 g/mol. The van der Waals surface area contributed by atoms with Gasteiger partial charge in [-0.25, -0.2) is 18.2 Å². The quantitative estimate of drug-likeness (QED) is 0.182. The molecular weight excluding hydrogens is 607 g/mol. The molecule has 11 heteroatoms. The maximum absolute atomic E-state index is 13.2. The zero-order valence-corrected chi connectivity index (χ0v) is 26.3. The Labute approximate surface area is 267 Å². The van der Waals surface area contributed by atoms with Crippen molar-refractivity contribution in [1.82, 2.24) is 14.8 Å². The minimum absolute atomic E-state index is 0.128. The van der Waals surface area contributed by atoms with Crippen molar-refractivity contribution >= 4 is 38.2 Å². The lowest BCUT2D eigenvalue weighted by Gasteiger charge is -2.39. The molecule has 230 valence electrons. The number of sulfonamides is 1. The molecule has 1 aliphatic heterocycles. The van der Waals surface area contributed by atoms with E-state index in [-0.39, 0.29) is 12.1 Å². The van der Waals surface area contributed by atoms with E-state index in [2.05, 4.69) is 68.5 Å². The highest BCUT2D eigenvalue weighted by Crippen LogP contribution is 2.35. The summed E-state index contributed by atoms with van der Waals surface area (Å²) in [5.74, 6) is 1.14. The average Bonchev–Trinajstić information content (AvgIpc) is 3.51. The topological polar surface area (TPSA) is 104 Å². The second-order valence-electron chi connectivity index (χ2n) is 10.7. The molecule has 45 heavy (non-hydrogen) atoms. The lowest BCUT2D eigenvalue weighted by Crippen LogP contribution is -2.51. The van der Waals surface area contributed by atoms with Crippen LogP contribution in [0.25, 0.3) is 11.3 Å². The Balaban J connectivity index is 1.09. The van der Waals surface area contributed by atoms with Crippen molar-refractivity contribution in [2.45, 2.75) is 6.04 Å². The van der Waals surface area contributed by atoms with Gasteiger partial charge < -0.3 is 9.64 Å². The second kappa shape index (κ2) is 13.5. The Bertz CT molecular complexity index is 1800. The number of amides is 2. The van der Waals surface area contributed by atoms with Crippen LogP contribution in [0.2, 0.25) is 0 Å². The van der Waals surface area contributed by atoms with E-state index >= 15 is 0 Å². The molecule has 2 N–H and O–H groups in total. The fourth-order valence-corrected chi connectivity index (χ4v) is 6.66. The summed E-state index contributed by atoms with van der Waals surface area (Å²) < 4.78 is 31.5. The molecule has 2 heterocycles. The summed E-state index contributed by atoms with van der Waals surface area (Å²) in [7, 11) is -3.37. The second-order valence-corrected chi connectivity index (χ2v) is 13.3. The van der Waals surface area contributed by atoms with Gasteiger partial charge in [0.2, 0.25) is 10.0 Å². The minimum Gasteiger partial charge on any atom is -0.457 e. The summed E-state index contributed by atoms with van der Waals surface area (Å²) in [4.78, 5) is 22.2. The van der Waals surface area contributed by atoms with Crippen molar-refractivity contribution in [3.8, 4) is 22.8 Å². The third-order valence-corrected chi connectivity index (χ3v) is 8.83. The van der Waals surface area contributed by atoms with E-state index in [4.69, 9.17) is 4.74 Å². The molecule has 0 spiro atoms. The fraction of sp³-hybridized carbons (Fsp3) is 0.176. The van der Waals surface area contributed by atoms with Gasteiger partial charge in [0.05, 0.1) is 18.0 Å². The molecule has 4 aromatic carbocycles. The van der Waals surface area contributed by atoms with Gasteiger partial charge in [0.25, 0.3) is 0 Å². The summed E-state index contributed by atoms with van der Waals surface area (Å²) >= 11 is 1.36. The standard InChI is InChI=1S/C34H33N5O4S2/c1-45(41,42)37-27-16-18-28(19-17-27)43-31-15-9-8-14-29(31)30-24-44-33(35-30)36-34(40)39-22-20-38(21-23-39)32(25-10-4-2-5-11-25)26-12-6-3-7-13-26/h2-19,24,32,37H,20-23H2,1H3,(H,35,36,40). The largest absolute Gasteiger partial charge is 0.457 e. The van der Waals surface area contributed by atoms with E-state index in [9.17, 15) is 13.2 Å². The van der Waals surface area contributed by atoms with Gasteiger partial charge in [0.1, 0.15) is 11.5 Å². The Hall–Kier alpha value is -4.71. The molecule has 1 saturated heterocycles. The predicted octanol–water partition coefficient (Wildman–Crippen LogP) is 6.91. The lowest BCUT2D eigenvalue weighted by molar-refractivity contribution is 0.126. The molecule has 1 aromatic heterocycles. The molecule has 1 aliphatic rings. The van der Waals surface area contributed by atoms with Crippen LogP contribution in [0.15, 0.2) is 115 Å². The smallest absolute Gasteiger partial charge is 0.323 e. The zero-order valence-electron chi connectivity index (χ0n) is 24.7.